The number of aromatic nitrogens is 3. The molecule has 0 aliphatic carbocycles. The Labute approximate surface area is 158 Å². The van der Waals surface area contributed by atoms with E-state index in [1.807, 2.05) is 55.5 Å². The molecule has 3 aromatic rings. The molecule has 0 radical (unpaired) electrons. The molecule has 1 heterocycles. The lowest BCUT2D eigenvalue weighted by Crippen LogP contribution is -2.10. The SMILES string of the molecule is CCOc1ccccc1Nc1cnnc(NCCc2ccccc2OC)n1. The second kappa shape index (κ2) is 9.38. The Kier molecular flexibility index (Phi) is 6.40. The summed E-state index contributed by atoms with van der Waals surface area (Å²) in [5.41, 5.74) is 1.96. The van der Waals surface area contributed by atoms with Crippen molar-refractivity contribution in [1.29, 1.82) is 0 Å². The molecule has 0 fully saturated rings. The predicted molar refractivity (Wildman–Crippen MR) is 106 cm³/mol. The lowest BCUT2D eigenvalue weighted by atomic mass is 10.1. The van der Waals surface area contributed by atoms with Crippen molar-refractivity contribution in [1.82, 2.24) is 15.2 Å². The van der Waals surface area contributed by atoms with Gasteiger partial charge in [-0.15, -0.1) is 5.10 Å². The average Bonchev–Trinajstić information content (AvgIpc) is 2.70. The van der Waals surface area contributed by atoms with E-state index in [1.165, 1.54) is 0 Å². The number of anilines is 3. The van der Waals surface area contributed by atoms with Gasteiger partial charge in [0.2, 0.25) is 5.95 Å². The van der Waals surface area contributed by atoms with Gasteiger partial charge in [0.05, 0.1) is 25.6 Å². The van der Waals surface area contributed by atoms with Gasteiger partial charge in [0.25, 0.3) is 0 Å². The third kappa shape index (κ3) is 5.07. The van der Waals surface area contributed by atoms with E-state index in [0.717, 1.165) is 29.2 Å². The highest BCUT2D eigenvalue weighted by molar-refractivity contribution is 5.63. The van der Waals surface area contributed by atoms with Crippen LogP contribution in [0.5, 0.6) is 11.5 Å². The van der Waals surface area contributed by atoms with Crippen LogP contribution in [-0.2, 0) is 6.42 Å². The minimum atomic E-state index is 0.462. The molecule has 1 aromatic heterocycles. The third-order valence-electron chi connectivity index (χ3n) is 3.88. The number of benzene rings is 2. The summed E-state index contributed by atoms with van der Waals surface area (Å²) in [5.74, 6) is 2.70. The molecule has 2 aromatic carbocycles. The van der Waals surface area contributed by atoms with Gasteiger partial charge in [-0.05, 0) is 37.1 Å². The summed E-state index contributed by atoms with van der Waals surface area (Å²) in [6, 6.07) is 15.7. The second-order valence-corrected chi connectivity index (χ2v) is 5.71. The number of para-hydroxylation sites is 3. The Morgan fingerprint density at radius 1 is 1.00 bits per heavy atom. The summed E-state index contributed by atoms with van der Waals surface area (Å²) in [4.78, 5) is 4.46. The van der Waals surface area contributed by atoms with Crippen molar-refractivity contribution >= 4 is 17.5 Å². The van der Waals surface area contributed by atoms with Crippen molar-refractivity contribution in [3.63, 3.8) is 0 Å². The molecule has 0 aliphatic heterocycles. The first-order chi connectivity index (χ1) is 13.3. The molecule has 0 bridgehead atoms. The minimum absolute atomic E-state index is 0.462. The number of nitrogens with zero attached hydrogens (tertiary/aromatic N) is 3. The maximum atomic E-state index is 5.62. The van der Waals surface area contributed by atoms with Gasteiger partial charge in [0, 0.05) is 6.54 Å². The van der Waals surface area contributed by atoms with E-state index in [-0.39, 0.29) is 0 Å². The molecule has 0 unspecified atom stereocenters. The fourth-order valence-electron chi connectivity index (χ4n) is 2.65. The fourth-order valence-corrected chi connectivity index (χ4v) is 2.65. The first kappa shape index (κ1) is 18.4. The number of nitrogens with one attached hydrogen (secondary N) is 2. The van der Waals surface area contributed by atoms with E-state index in [0.29, 0.717) is 24.9 Å². The molecule has 0 saturated carbocycles. The number of methoxy groups -OCH3 is 1. The summed E-state index contributed by atoms with van der Waals surface area (Å²) in [7, 11) is 1.68. The fraction of sp³-hybridized carbons (Fsp3) is 0.250. The Morgan fingerprint density at radius 3 is 2.59 bits per heavy atom. The molecular weight excluding hydrogens is 342 g/mol. The van der Waals surface area contributed by atoms with Crippen LogP contribution in [-0.4, -0.2) is 35.4 Å². The molecule has 0 amide bonds. The largest absolute Gasteiger partial charge is 0.496 e. The minimum Gasteiger partial charge on any atom is -0.496 e. The van der Waals surface area contributed by atoms with Crippen LogP contribution >= 0.6 is 0 Å². The monoisotopic (exact) mass is 365 g/mol. The zero-order chi connectivity index (χ0) is 18.9. The van der Waals surface area contributed by atoms with Crippen LogP contribution in [0.15, 0.2) is 54.7 Å². The van der Waals surface area contributed by atoms with Gasteiger partial charge in [-0.2, -0.15) is 10.1 Å². The zero-order valence-corrected chi connectivity index (χ0v) is 15.5. The Morgan fingerprint density at radius 2 is 1.78 bits per heavy atom. The first-order valence-electron chi connectivity index (χ1n) is 8.84. The maximum Gasteiger partial charge on any atom is 0.244 e. The molecule has 7 nitrogen and oxygen atoms in total. The van der Waals surface area contributed by atoms with Gasteiger partial charge in [-0.1, -0.05) is 30.3 Å². The van der Waals surface area contributed by atoms with Gasteiger partial charge >= 0.3 is 0 Å². The van der Waals surface area contributed by atoms with Crippen molar-refractivity contribution in [2.24, 2.45) is 0 Å². The van der Waals surface area contributed by atoms with Crippen LogP contribution in [0.25, 0.3) is 0 Å². The lowest BCUT2D eigenvalue weighted by molar-refractivity contribution is 0.342. The molecule has 0 aliphatic rings. The smallest absolute Gasteiger partial charge is 0.244 e. The Bertz CT molecular complexity index is 872. The van der Waals surface area contributed by atoms with Crippen LogP contribution in [0.4, 0.5) is 17.5 Å². The number of ether oxygens (including phenoxy) is 2. The number of hydrogen-bond acceptors (Lipinski definition) is 7. The first-order valence-corrected chi connectivity index (χ1v) is 8.84. The van der Waals surface area contributed by atoms with Crippen LogP contribution in [0, 0.1) is 0 Å². The van der Waals surface area contributed by atoms with Crippen LogP contribution < -0.4 is 20.1 Å². The molecule has 0 spiro atoms. The standard InChI is InChI=1S/C20H23N5O2/c1-3-27-18-11-7-5-9-16(18)23-19-14-22-25-20(24-19)21-13-12-15-8-4-6-10-17(15)26-2/h4-11,14H,3,12-13H2,1-2H3,(H2,21,23,24,25). The van der Waals surface area contributed by atoms with Crippen LogP contribution in [0.1, 0.15) is 12.5 Å². The molecule has 7 heteroatoms. The molecule has 0 atom stereocenters. The zero-order valence-electron chi connectivity index (χ0n) is 15.5. The summed E-state index contributed by atoms with van der Waals surface area (Å²) < 4.78 is 11.0. The molecule has 27 heavy (non-hydrogen) atoms. The average molecular weight is 365 g/mol. The molecule has 140 valence electrons. The van der Waals surface area contributed by atoms with Crippen molar-refractivity contribution in [2.45, 2.75) is 13.3 Å². The van der Waals surface area contributed by atoms with Gasteiger partial charge in [0.15, 0.2) is 5.82 Å². The van der Waals surface area contributed by atoms with E-state index in [2.05, 4.69) is 25.8 Å². The quantitative estimate of drug-likeness (QED) is 0.599. The summed E-state index contributed by atoms with van der Waals surface area (Å²) in [6.07, 6.45) is 2.37. The highest BCUT2D eigenvalue weighted by atomic mass is 16.5. The van der Waals surface area contributed by atoms with Gasteiger partial charge in [-0.3, -0.25) is 0 Å². The van der Waals surface area contributed by atoms with E-state index in [1.54, 1.807) is 13.3 Å². The van der Waals surface area contributed by atoms with Crippen molar-refractivity contribution in [2.75, 3.05) is 30.9 Å². The van der Waals surface area contributed by atoms with Crippen LogP contribution in [0.3, 0.4) is 0 Å². The summed E-state index contributed by atoms with van der Waals surface area (Å²) in [5, 5.41) is 14.5. The Hall–Kier alpha value is -3.35. The lowest BCUT2D eigenvalue weighted by Gasteiger charge is -2.12. The van der Waals surface area contributed by atoms with Crippen molar-refractivity contribution < 1.29 is 9.47 Å². The topological polar surface area (TPSA) is 81.2 Å². The van der Waals surface area contributed by atoms with E-state index < -0.39 is 0 Å². The molecule has 0 saturated heterocycles. The van der Waals surface area contributed by atoms with Crippen molar-refractivity contribution in [3.8, 4) is 11.5 Å². The number of rotatable bonds is 9. The predicted octanol–water partition coefficient (Wildman–Crippen LogP) is 3.68. The van der Waals surface area contributed by atoms with Crippen LogP contribution in [0.2, 0.25) is 0 Å². The van der Waals surface area contributed by atoms with E-state index >= 15 is 0 Å². The van der Waals surface area contributed by atoms with E-state index in [9.17, 15) is 0 Å². The Balaban J connectivity index is 1.62. The van der Waals surface area contributed by atoms with Gasteiger partial charge in [-0.25, -0.2) is 0 Å². The highest BCUT2D eigenvalue weighted by Crippen LogP contribution is 2.26. The third-order valence-corrected chi connectivity index (χ3v) is 3.88. The maximum absolute atomic E-state index is 5.62. The normalized spacial score (nSPS) is 10.3. The number of hydrogen-bond donors (Lipinski definition) is 2. The summed E-state index contributed by atoms with van der Waals surface area (Å²) >= 11 is 0. The molecule has 3 rings (SSSR count). The summed E-state index contributed by atoms with van der Waals surface area (Å²) in [6.45, 7) is 3.21. The molecule has 2 N–H and O–H groups in total. The van der Waals surface area contributed by atoms with Gasteiger partial charge < -0.3 is 20.1 Å². The van der Waals surface area contributed by atoms with Gasteiger partial charge in [0.1, 0.15) is 11.5 Å². The highest BCUT2D eigenvalue weighted by Gasteiger charge is 2.06. The van der Waals surface area contributed by atoms with E-state index in [4.69, 9.17) is 9.47 Å². The van der Waals surface area contributed by atoms with Crippen molar-refractivity contribution in [3.05, 3.63) is 60.3 Å². The second-order valence-electron chi connectivity index (χ2n) is 5.71. The molecular formula is C20H23N5O2.